The van der Waals surface area contributed by atoms with Crippen LogP contribution in [0.5, 0.6) is 0 Å². The van der Waals surface area contributed by atoms with Crippen molar-refractivity contribution >= 4 is 11.7 Å². The summed E-state index contributed by atoms with van der Waals surface area (Å²) in [5, 5.41) is 9.09. The maximum Gasteiger partial charge on any atom is 0.305 e. The highest BCUT2D eigenvalue weighted by atomic mass is 16.4. The van der Waals surface area contributed by atoms with Gasteiger partial charge in [-0.15, -0.1) is 0 Å². The maximum absolute atomic E-state index is 11.0. The maximum atomic E-state index is 11.0. The number of piperidine rings is 1. The van der Waals surface area contributed by atoms with Crippen molar-refractivity contribution in [1.82, 2.24) is 0 Å². The molecular weight excluding hydrogens is 238 g/mol. The highest BCUT2D eigenvalue weighted by Crippen LogP contribution is 2.32. The Hall–Kier alpha value is -1.51. The summed E-state index contributed by atoms with van der Waals surface area (Å²) in [5.74, 6) is -0.695. The minimum absolute atomic E-state index is 0.145. The molecule has 104 valence electrons. The number of rotatable bonds is 3. The molecule has 0 bridgehead atoms. The predicted molar refractivity (Wildman–Crippen MR) is 77.9 cm³/mol. The number of carboxylic acids is 1. The molecule has 19 heavy (non-hydrogen) atoms. The van der Waals surface area contributed by atoms with E-state index in [1.807, 2.05) is 0 Å². The zero-order valence-electron chi connectivity index (χ0n) is 12.1. The van der Waals surface area contributed by atoms with Crippen LogP contribution in [0, 0.1) is 20.8 Å². The molecule has 1 saturated heterocycles. The van der Waals surface area contributed by atoms with Gasteiger partial charge in [0, 0.05) is 18.3 Å². The molecule has 2 rings (SSSR count). The highest BCUT2D eigenvalue weighted by molar-refractivity contribution is 5.69. The molecule has 0 aromatic heterocycles. The van der Waals surface area contributed by atoms with Crippen LogP contribution in [0.2, 0.25) is 0 Å². The lowest BCUT2D eigenvalue weighted by atomic mass is 9.95. The number of benzene rings is 1. The van der Waals surface area contributed by atoms with Crippen molar-refractivity contribution in [3.63, 3.8) is 0 Å². The van der Waals surface area contributed by atoms with Gasteiger partial charge in [0.25, 0.3) is 0 Å². The van der Waals surface area contributed by atoms with Crippen LogP contribution in [0.3, 0.4) is 0 Å². The summed E-state index contributed by atoms with van der Waals surface area (Å²) in [6, 6.07) is 4.52. The van der Waals surface area contributed by atoms with Crippen LogP contribution in [-0.2, 0) is 4.79 Å². The van der Waals surface area contributed by atoms with E-state index in [9.17, 15) is 4.79 Å². The van der Waals surface area contributed by atoms with Crippen molar-refractivity contribution in [3.8, 4) is 0 Å². The molecule has 0 aliphatic carbocycles. The van der Waals surface area contributed by atoms with Crippen molar-refractivity contribution in [1.29, 1.82) is 0 Å². The van der Waals surface area contributed by atoms with Gasteiger partial charge in [-0.05, 0) is 51.2 Å². The first kappa shape index (κ1) is 13.9. The topological polar surface area (TPSA) is 40.5 Å². The molecule has 1 aliphatic heterocycles. The second-order valence-electron chi connectivity index (χ2n) is 5.69. The van der Waals surface area contributed by atoms with E-state index >= 15 is 0 Å². The van der Waals surface area contributed by atoms with Crippen LogP contribution in [0.1, 0.15) is 42.4 Å². The van der Waals surface area contributed by atoms with Gasteiger partial charge in [-0.3, -0.25) is 4.79 Å². The number of anilines is 1. The third-order valence-corrected chi connectivity index (χ3v) is 3.96. The standard InChI is InChI=1S/C16H23NO2/c1-11-8-12(2)16(13(3)9-11)17-7-5-4-6-14(17)10-15(18)19/h8-9,14H,4-7,10H2,1-3H3,(H,18,19). The second-order valence-corrected chi connectivity index (χ2v) is 5.69. The molecule has 0 amide bonds. The molecule has 0 saturated carbocycles. The first-order valence-corrected chi connectivity index (χ1v) is 7.05. The fourth-order valence-corrected chi connectivity index (χ4v) is 3.33. The average molecular weight is 261 g/mol. The van der Waals surface area contributed by atoms with E-state index in [1.54, 1.807) is 0 Å². The van der Waals surface area contributed by atoms with E-state index < -0.39 is 5.97 Å². The van der Waals surface area contributed by atoms with E-state index in [2.05, 4.69) is 37.8 Å². The molecule has 1 aliphatic rings. The Morgan fingerprint density at radius 2 is 1.89 bits per heavy atom. The molecule has 1 unspecified atom stereocenters. The Kier molecular flexibility index (Phi) is 4.13. The van der Waals surface area contributed by atoms with E-state index in [1.165, 1.54) is 22.4 Å². The number of aryl methyl sites for hydroxylation is 3. The van der Waals surface area contributed by atoms with Crippen LogP contribution < -0.4 is 4.90 Å². The van der Waals surface area contributed by atoms with Crippen molar-refractivity contribution in [2.75, 3.05) is 11.4 Å². The Labute approximate surface area is 115 Å². The number of carboxylic acid groups (broad SMARTS) is 1. The van der Waals surface area contributed by atoms with Gasteiger partial charge in [0.1, 0.15) is 0 Å². The van der Waals surface area contributed by atoms with Gasteiger partial charge in [0.05, 0.1) is 6.42 Å². The first-order chi connectivity index (χ1) is 8.99. The first-order valence-electron chi connectivity index (χ1n) is 7.05. The Balaban J connectivity index is 2.34. The van der Waals surface area contributed by atoms with Gasteiger partial charge in [-0.1, -0.05) is 17.7 Å². The minimum Gasteiger partial charge on any atom is -0.481 e. The average Bonchev–Trinajstić information content (AvgIpc) is 2.29. The zero-order valence-corrected chi connectivity index (χ0v) is 12.1. The smallest absolute Gasteiger partial charge is 0.305 e. The predicted octanol–water partition coefficient (Wildman–Crippen LogP) is 3.45. The number of carbonyl (C=O) groups is 1. The molecule has 3 nitrogen and oxygen atoms in total. The van der Waals surface area contributed by atoms with Crippen LogP contribution in [0.4, 0.5) is 5.69 Å². The quantitative estimate of drug-likeness (QED) is 0.906. The zero-order chi connectivity index (χ0) is 14.0. The van der Waals surface area contributed by atoms with E-state index in [0.29, 0.717) is 0 Å². The van der Waals surface area contributed by atoms with Gasteiger partial charge in [-0.2, -0.15) is 0 Å². The van der Waals surface area contributed by atoms with Gasteiger partial charge >= 0.3 is 5.97 Å². The Morgan fingerprint density at radius 1 is 1.26 bits per heavy atom. The SMILES string of the molecule is Cc1cc(C)c(N2CCCCC2CC(=O)O)c(C)c1. The summed E-state index contributed by atoms with van der Waals surface area (Å²) >= 11 is 0. The van der Waals surface area contributed by atoms with Crippen molar-refractivity contribution in [2.45, 2.75) is 52.5 Å². The van der Waals surface area contributed by atoms with Gasteiger partial charge in [0.2, 0.25) is 0 Å². The van der Waals surface area contributed by atoms with Crippen LogP contribution in [0.25, 0.3) is 0 Å². The van der Waals surface area contributed by atoms with E-state index in [0.717, 1.165) is 25.8 Å². The normalized spacial score (nSPS) is 19.5. The molecule has 1 aromatic carbocycles. The molecule has 1 fully saturated rings. The Morgan fingerprint density at radius 3 is 2.47 bits per heavy atom. The third-order valence-electron chi connectivity index (χ3n) is 3.96. The summed E-state index contributed by atoms with van der Waals surface area (Å²) in [7, 11) is 0. The molecule has 1 N–H and O–H groups in total. The Bertz CT molecular complexity index is 459. The number of nitrogens with zero attached hydrogens (tertiary/aromatic N) is 1. The van der Waals surface area contributed by atoms with Gasteiger partial charge in [0.15, 0.2) is 0 Å². The van der Waals surface area contributed by atoms with Crippen LogP contribution >= 0.6 is 0 Å². The van der Waals surface area contributed by atoms with Crippen LogP contribution in [-0.4, -0.2) is 23.7 Å². The summed E-state index contributed by atoms with van der Waals surface area (Å²) in [5.41, 5.74) is 5.03. The molecular formula is C16H23NO2. The number of hydrogen-bond donors (Lipinski definition) is 1. The summed E-state index contributed by atoms with van der Waals surface area (Å²) in [4.78, 5) is 13.4. The lowest BCUT2D eigenvalue weighted by Gasteiger charge is -2.39. The lowest BCUT2D eigenvalue weighted by molar-refractivity contribution is -0.137. The fourth-order valence-electron chi connectivity index (χ4n) is 3.33. The largest absolute Gasteiger partial charge is 0.481 e. The van der Waals surface area contributed by atoms with Crippen LogP contribution in [0.15, 0.2) is 12.1 Å². The number of aliphatic carboxylic acids is 1. The van der Waals surface area contributed by atoms with Gasteiger partial charge < -0.3 is 10.0 Å². The molecule has 0 radical (unpaired) electrons. The van der Waals surface area contributed by atoms with Crippen molar-refractivity contribution < 1.29 is 9.90 Å². The summed E-state index contributed by atoms with van der Waals surface area (Å²) in [6.45, 7) is 7.33. The van der Waals surface area contributed by atoms with E-state index in [4.69, 9.17) is 5.11 Å². The van der Waals surface area contributed by atoms with E-state index in [-0.39, 0.29) is 12.5 Å². The number of hydrogen-bond acceptors (Lipinski definition) is 2. The third kappa shape index (κ3) is 3.09. The van der Waals surface area contributed by atoms with Gasteiger partial charge in [-0.25, -0.2) is 0 Å². The molecule has 0 spiro atoms. The summed E-state index contributed by atoms with van der Waals surface area (Å²) in [6.07, 6.45) is 3.52. The monoisotopic (exact) mass is 261 g/mol. The second kappa shape index (κ2) is 5.64. The molecule has 3 heteroatoms. The van der Waals surface area contributed by atoms with Crippen molar-refractivity contribution in [3.05, 3.63) is 28.8 Å². The minimum atomic E-state index is -0.695. The molecule has 1 aromatic rings. The highest BCUT2D eigenvalue weighted by Gasteiger charge is 2.26. The molecule has 1 heterocycles. The molecule has 1 atom stereocenters. The van der Waals surface area contributed by atoms with Crippen molar-refractivity contribution in [2.24, 2.45) is 0 Å². The summed E-state index contributed by atoms with van der Waals surface area (Å²) < 4.78 is 0. The fraction of sp³-hybridized carbons (Fsp3) is 0.562. The lowest BCUT2D eigenvalue weighted by Crippen LogP contribution is -2.41.